The molecule has 0 aromatic heterocycles. The predicted octanol–water partition coefficient (Wildman–Crippen LogP) is -0.337. The molecule has 0 aromatic rings. The third kappa shape index (κ3) is 282. The fraction of sp³-hybridized carbons (Fsp3) is 0. The molecule has 0 atom stereocenters. The largest absolute Gasteiger partial charge is 1.00 e. The summed E-state index contributed by atoms with van der Waals surface area (Å²) in [6, 6.07) is 0. The molecule has 0 bridgehead atoms. The van der Waals surface area contributed by atoms with E-state index in [-0.39, 0.29) is 17.1 Å². The summed E-state index contributed by atoms with van der Waals surface area (Å²) in [5.41, 5.74) is 0. The van der Waals surface area contributed by atoms with Crippen LogP contribution in [0.2, 0.25) is 0 Å². The third-order valence-electron chi connectivity index (χ3n) is 0. The molecule has 0 spiro atoms. The van der Waals surface area contributed by atoms with Gasteiger partial charge in [-0.25, -0.2) is 8.42 Å². The second kappa shape index (κ2) is 2.58. The Morgan fingerprint density at radius 1 is 1.50 bits per heavy atom. The second-order valence-electron chi connectivity index (χ2n) is 0.582. The van der Waals surface area contributed by atoms with Crippen LogP contribution in [0.5, 0.6) is 0 Å². The van der Waals surface area contributed by atoms with Crippen LogP contribution < -0.4 is 0 Å². The van der Waals surface area contributed by atoms with Gasteiger partial charge in [-0.1, -0.05) is 0 Å². The van der Waals surface area contributed by atoms with Gasteiger partial charge in [0.1, 0.15) is 10.1 Å². The Labute approximate surface area is 47.0 Å². The van der Waals surface area contributed by atoms with Crippen LogP contribution in [-0.2, 0) is 27.2 Å². The molecule has 0 rings (SSSR count). The monoisotopic (exact) mass is 158 g/mol. The first-order valence-electron chi connectivity index (χ1n) is 0.805. The first kappa shape index (κ1) is 9.66. The first-order chi connectivity index (χ1) is 2.00. The molecule has 0 saturated heterocycles. The molecule has 6 heavy (non-hydrogen) atoms. The Kier molecular flexibility index (Phi) is 4.15. The van der Waals surface area contributed by atoms with Gasteiger partial charge in [-0.2, -0.15) is 6.26 Å². The molecule has 0 aliphatic carbocycles. The Morgan fingerprint density at radius 2 is 1.50 bits per heavy atom. The van der Waals surface area contributed by atoms with Crippen LogP contribution in [0.4, 0.5) is 0 Å². The minimum atomic E-state index is -3.92. The van der Waals surface area contributed by atoms with Crippen molar-refractivity contribution in [3.8, 4) is 0 Å². The molecule has 42 valence electrons. The van der Waals surface area contributed by atoms with Gasteiger partial charge in [-0.3, -0.25) is 0 Å². The molecule has 0 heterocycles. The van der Waals surface area contributed by atoms with Crippen molar-refractivity contribution in [2.24, 2.45) is 0 Å². The SMILES string of the molecule is [CH2-]S(=O)(=O)O.[Cu+]. The molecular weight excluding hydrogens is 156 g/mol. The summed E-state index contributed by atoms with van der Waals surface area (Å²) in [6.45, 7) is 0. The van der Waals surface area contributed by atoms with E-state index in [1.165, 1.54) is 0 Å². The first-order valence-corrected chi connectivity index (χ1v) is 2.41. The Morgan fingerprint density at radius 3 is 1.50 bits per heavy atom. The van der Waals surface area contributed by atoms with E-state index < -0.39 is 10.1 Å². The van der Waals surface area contributed by atoms with Crippen LogP contribution in [0, 0.1) is 6.26 Å². The summed E-state index contributed by atoms with van der Waals surface area (Å²) in [5, 5.41) is 0. The van der Waals surface area contributed by atoms with E-state index in [1.807, 2.05) is 0 Å². The van der Waals surface area contributed by atoms with E-state index in [0.29, 0.717) is 0 Å². The van der Waals surface area contributed by atoms with Crippen LogP contribution in [0.15, 0.2) is 0 Å². The summed E-state index contributed by atoms with van der Waals surface area (Å²) in [4.78, 5) is 0. The van der Waals surface area contributed by atoms with Gasteiger partial charge in [0.15, 0.2) is 0 Å². The average Bonchev–Trinajstić information content (AvgIpc) is 0.722. The van der Waals surface area contributed by atoms with Crippen molar-refractivity contribution in [1.29, 1.82) is 0 Å². The van der Waals surface area contributed by atoms with Gasteiger partial charge in [-0.15, -0.1) is 0 Å². The van der Waals surface area contributed by atoms with Crippen LogP contribution in [-0.4, -0.2) is 13.0 Å². The van der Waals surface area contributed by atoms with Crippen molar-refractivity contribution in [2.45, 2.75) is 0 Å². The van der Waals surface area contributed by atoms with Gasteiger partial charge in [0, 0.05) is 0 Å². The van der Waals surface area contributed by atoms with Gasteiger partial charge in [0.05, 0.1) is 0 Å². The maximum Gasteiger partial charge on any atom is 1.00 e. The molecule has 0 fully saturated rings. The maximum absolute atomic E-state index is 9.08. The van der Waals surface area contributed by atoms with Crippen LogP contribution in [0.25, 0.3) is 0 Å². The fourth-order valence-corrected chi connectivity index (χ4v) is 0. The molecular formula is CH3CuO3S. The average molecular weight is 159 g/mol. The van der Waals surface area contributed by atoms with Crippen molar-refractivity contribution >= 4 is 10.1 Å². The summed E-state index contributed by atoms with van der Waals surface area (Å²) in [6.07, 6.45) is 2.30. The van der Waals surface area contributed by atoms with Gasteiger partial charge in [-0.05, 0) is 0 Å². The zero-order valence-electron chi connectivity index (χ0n) is 2.68. The molecule has 0 unspecified atom stereocenters. The smallest absolute Gasteiger partial charge is 0.310 e. The van der Waals surface area contributed by atoms with Gasteiger partial charge in [0.25, 0.3) is 0 Å². The van der Waals surface area contributed by atoms with Crippen LogP contribution >= 0.6 is 0 Å². The Balaban J connectivity index is 0. The van der Waals surface area contributed by atoms with Crippen LogP contribution in [0.3, 0.4) is 0 Å². The van der Waals surface area contributed by atoms with Crippen molar-refractivity contribution < 1.29 is 30.0 Å². The molecule has 0 aliphatic rings. The van der Waals surface area contributed by atoms with E-state index in [1.54, 1.807) is 0 Å². The van der Waals surface area contributed by atoms with E-state index in [9.17, 15) is 0 Å². The molecule has 0 aliphatic heterocycles. The van der Waals surface area contributed by atoms with E-state index in [2.05, 4.69) is 6.26 Å². The number of rotatable bonds is 0. The predicted molar refractivity (Wildman–Crippen MR) is 16.9 cm³/mol. The molecule has 0 radical (unpaired) electrons. The maximum atomic E-state index is 9.08. The summed E-state index contributed by atoms with van der Waals surface area (Å²) >= 11 is 0. The van der Waals surface area contributed by atoms with Gasteiger partial charge >= 0.3 is 17.1 Å². The summed E-state index contributed by atoms with van der Waals surface area (Å²) in [7, 11) is -3.92. The Hall–Kier alpha value is 0.429. The summed E-state index contributed by atoms with van der Waals surface area (Å²) in [5.74, 6) is 0. The second-order valence-corrected chi connectivity index (χ2v) is 1.75. The normalized spacial score (nSPS) is 9.67. The minimum Gasteiger partial charge on any atom is -0.310 e. The Bertz CT molecular complexity index is 94.0. The summed E-state index contributed by atoms with van der Waals surface area (Å²) < 4.78 is 25.5. The zero-order chi connectivity index (χ0) is 4.50. The zero-order valence-corrected chi connectivity index (χ0v) is 4.44. The van der Waals surface area contributed by atoms with Crippen molar-refractivity contribution in [3.63, 3.8) is 0 Å². The van der Waals surface area contributed by atoms with Gasteiger partial charge < -0.3 is 4.55 Å². The fourth-order valence-electron chi connectivity index (χ4n) is 0. The number of hydrogen-bond acceptors (Lipinski definition) is 2. The van der Waals surface area contributed by atoms with Crippen molar-refractivity contribution in [3.05, 3.63) is 6.26 Å². The van der Waals surface area contributed by atoms with E-state index in [4.69, 9.17) is 13.0 Å². The molecule has 0 aromatic carbocycles. The molecule has 1 N–H and O–H groups in total. The van der Waals surface area contributed by atoms with E-state index >= 15 is 0 Å². The molecule has 5 heteroatoms. The molecule has 0 saturated carbocycles. The van der Waals surface area contributed by atoms with Gasteiger partial charge in [0.2, 0.25) is 0 Å². The minimum absolute atomic E-state index is 0. The van der Waals surface area contributed by atoms with Crippen molar-refractivity contribution in [2.75, 3.05) is 0 Å². The molecule has 3 nitrogen and oxygen atoms in total. The third-order valence-corrected chi connectivity index (χ3v) is 0. The quantitative estimate of drug-likeness (QED) is 0.298. The van der Waals surface area contributed by atoms with E-state index in [0.717, 1.165) is 0 Å². The molecule has 0 amide bonds. The van der Waals surface area contributed by atoms with Crippen molar-refractivity contribution in [1.82, 2.24) is 0 Å². The topological polar surface area (TPSA) is 54.4 Å². The number of hydrogen-bond donors (Lipinski definition) is 1. The standard InChI is InChI=1S/CH3O3S.Cu/c1-5(2,3)4;/h1H2,(H,2,3,4);/q-1;+1. The van der Waals surface area contributed by atoms with Crippen LogP contribution in [0.1, 0.15) is 0 Å².